The Bertz CT molecular complexity index is 1430. The van der Waals surface area contributed by atoms with Gasteiger partial charge < -0.3 is 29.0 Å². The van der Waals surface area contributed by atoms with Crippen LogP contribution in [0.3, 0.4) is 0 Å². The van der Waals surface area contributed by atoms with Crippen LogP contribution in [0.1, 0.15) is 49.7 Å². The highest BCUT2D eigenvalue weighted by molar-refractivity contribution is 5.96. The zero-order valence-corrected chi connectivity index (χ0v) is 24.9. The van der Waals surface area contributed by atoms with E-state index in [1.165, 1.54) is 32.3 Å². The number of aryl methyl sites for hydroxylation is 1. The molecule has 0 radical (unpaired) electrons. The van der Waals surface area contributed by atoms with Crippen molar-refractivity contribution in [1.29, 1.82) is 0 Å². The van der Waals surface area contributed by atoms with Crippen LogP contribution >= 0.6 is 0 Å². The number of hydrogen-bond acceptors (Lipinski definition) is 10. The second-order valence-corrected chi connectivity index (χ2v) is 11.4. The van der Waals surface area contributed by atoms with Gasteiger partial charge in [0.05, 0.1) is 33.4 Å². The predicted molar refractivity (Wildman–Crippen MR) is 151 cm³/mol. The number of likely N-dealkylation sites (tertiary alicyclic amines) is 1. The van der Waals surface area contributed by atoms with Crippen molar-refractivity contribution >= 4 is 34.8 Å². The number of rotatable bonds is 8. The van der Waals surface area contributed by atoms with E-state index in [1.807, 2.05) is 6.92 Å². The highest BCUT2D eigenvalue weighted by Crippen LogP contribution is 2.45. The summed E-state index contributed by atoms with van der Waals surface area (Å²) in [5, 5.41) is 3.41. The van der Waals surface area contributed by atoms with Gasteiger partial charge in [0.1, 0.15) is 34.8 Å². The molecule has 1 aliphatic carbocycles. The Kier molecular flexibility index (Phi) is 8.38. The third-order valence-corrected chi connectivity index (χ3v) is 7.44. The molecule has 12 heteroatoms. The summed E-state index contributed by atoms with van der Waals surface area (Å²) in [6.45, 7) is 10.7. The van der Waals surface area contributed by atoms with Crippen LogP contribution in [0.15, 0.2) is 30.9 Å². The number of amides is 2. The molecule has 4 atom stereocenters. The van der Waals surface area contributed by atoms with Crippen molar-refractivity contribution < 1.29 is 42.9 Å². The summed E-state index contributed by atoms with van der Waals surface area (Å²) in [6, 6.07) is 3.99. The topological polar surface area (TPSA) is 143 Å². The Balaban J connectivity index is 1.68. The number of ether oxygens (including phenoxy) is 5. The number of nitrogens with zero attached hydrogens (tertiary/aromatic N) is 2. The molecular formula is C30H37N3O9. The third kappa shape index (κ3) is 5.83. The van der Waals surface area contributed by atoms with E-state index in [0.29, 0.717) is 34.4 Å². The van der Waals surface area contributed by atoms with E-state index in [2.05, 4.69) is 16.9 Å². The minimum Gasteiger partial charge on any atom is -0.496 e. The zero-order valence-electron chi connectivity index (χ0n) is 24.9. The summed E-state index contributed by atoms with van der Waals surface area (Å²) in [7, 11) is 4.04. The average molecular weight is 584 g/mol. The number of carbonyl (C=O) groups is 4. The molecule has 42 heavy (non-hydrogen) atoms. The van der Waals surface area contributed by atoms with Crippen LogP contribution in [0.5, 0.6) is 11.5 Å². The summed E-state index contributed by atoms with van der Waals surface area (Å²) in [5.41, 5.74) is -0.856. The number of benzene rings is 1. The molecule has 0 unspecified atom stereocenters. The normalized spacial score (nSPS) is 23.1. The average Bonchev–Trinajstić information content (AvgIpc) is 3.49. The van der Waals surface area contributed by atoms with E-state index < -0.39 is 47.2 Å². The van der Waals surface area contributed by atoms with Crippen molar-refractivity contribution in [1.82, 2.24) is 15.2 Å². The quantitative estimate of drug-likeness (QED) is 0.279. The number of fused-ring (bicyclic) bond motifs is 1. The molecule has 2 heterocycles. The molecule has 1 N–H and O–H groups in total. The first-order valence-electron chi connectivity index (χ1n) is 13.5. The molecule has 2 aromatic rings. The van der Waals surface area contributed by atoms with Crippen molar-refractivity contribution in [3.8, 4) is 11.5 Å². The van der Waals surface area contributed by atoms with E-state index in [1.54, 1.807) is 39.0 Å². The lowest BCUT2D eigenvalue weighted by Crippen LogP contribution is -2.53. The van der Waals surface area contributed by atoms with E-state index >= 15 is 0 Å². The fourth-order valence-corrected chi connectivity index (χ4v) is 5.23. The van der Waals surface area contributed by atoms with Crippen LogP contribution in [0.2, 0.25) is 0 Å². The van der Waals surface area contributed by atoms with Crippen molar-refractivity contribution in [2.75, 3.05) is 27.9 Å². The number of aromatic nitrogens is 1. The number of pyridine rings is 1. The van der Waals surface area contributed by atoms with Gasteiger partial charge in [0.15, 0.2) is 5.69 Å². The standard InChI is InChI=1S/C30H37N3O9/c1-9-17-14-30(17,27(36)40-8)32-25(34)21-12-18(15-33(21)28(37)42-29(3,4)5)41-23-13-20(26(35)39-7)31-24-16(2)22(38-6)11-10-19(23)24/h9-11,13,17-18,21H,1,12,14-15H2,2-8H3,(H,32,34)/t17-,18-,21+,30-/m1/s1. The van der Waals surface area contributed by atoms with Gasteiger partial charge in [-0.25, -0.2) is 19.4 Å². The fourth-order valence-electron chi connectivity index (χ4n) is 5.23. The molecule has 2 amide bonds. The predicted octanol–water partition coefficient (Wildman–Crippen LogP) is 3.33. The number of carbonyl (C=O) groups excluding carboxylic acids is 4. The van der Waals surface area contributed by atoms with Crippen molar-refractivity contribution in [2.24, 2.45) is 5.92 Å². The van der Waals surface area contributed by atoms with Crippen LogP contribution in [-0.2, 0) is 23.8 Å². The van der Waals surface area contributed by atoms with Crippen LogP contribution in [0.25, 0.3) is 10.9 Å². The molecule has 1 aromatic carbocycles. The van der Waals surface area contributed by atoms with Gasteiger partial charge in [0, 0.05) is 29.4 Å². The van der Waals surface area contributed by atoms with E-state index in [-0.39, 0.29) is 24.6 Å². The first-order chi connectivity index (χ1) is 19.8. The summed E-state index contributed by atoms with van der Waals surface area (Å²) < 4.78 is 27.2. The largest absolute Gasteiger partial charge is 0.496 e. The van der Waals surface area contributed by atoms with E-state index in [0.717, 1.165) is 0 Å². The van der Waals surface area contributed by atoms with Crippen molar-refractivity contribution in [2.45, 2.75) is 63.8 Å². The van der Waals surface area contributed by atoms with Crippen molar-refractivity contribution in [3.05, 3.63) is 42.1 Å². The zero-order chi connectivity index (χ0) is 31.0. The van der Waals surface area contributed by atoms with Gasteiger partial charge in [0.25, 0.3) is 0 Å². The fraction of sp³-hybridized carbons (Fsp3) is 0.500. The molecule has 0 bridgehead atoms. The van der Waals surface area contributed by atoms with Gasteiger partial charge in [-0.3, -0.25) is 9.69 Å². The minimum atomic E-state index is -1.24. The van der Waals surface area contributed by atoms with Gasteiger partial charge in [-0.2, -0.15) is 0 Å². The second kappa shape index (κ2) is 11.5. The molecule has 12 nitrogen and oxygen atoms in total. The summed E-state index contributed by atoms with van der Waals surface area (Å²) >= 11 is 0. The van der Waals surface area contributed by atoms with Crippen LogP contribution in [-0.4, -0.2) is 85.0 Å². The Labute approximate surface area is 244 Å². The molecular weight excluding hydrogens is 546 g/mol. The summed E-state index contributed by atoms with van der Waals surface area (Å²) in [5.74, 6) is -1.18. The van der Waals surface area contributed by atoms with Gasteiger partial charge in [-0.1, -0.05) is 6.08 Å². The Morgan fingerprint density at radius 3 is 2.40 bits per heavy atom. The minimum absolute atomic E-state index is 0.00955. The Morgan fingerprint density at radius 1 is 1.12 bits per heavy atom. The van der Waals surface area contributed by atoms with E-state index in [4.69, 9.17) is 23.7 Å². The van der Waals surface area contributed by atoms with Crippen LogP contribution in [0, 0.1) is 12.8 Å². The van der Waals surface area contributed by atoms with Gasteiger partial charge in [0.2, 0.25) is 5.91 Å². The molecule has 2 fully saturated rings. The Hall–Kier alpha value is -4.35. The first kappa shape index (κ1) is 30.6. The lowest BCUT2D eigenvalue weighted by atomic mass is 10.1. The monoisotopic (exact) mass is 583 g/mol. The van der Waals surface area contributed by atoms with Gasteiger partial charge in [-0.15, -0.1) is 6.58 Å². The maximum absolute atomic E-state index is 13.6. The van der Waals surface area contributed by atoms with Gasteiger partial charge in [-0.05, 0) is 46.2 Å². The van der Waals surface area contributed by atoms with Crippen LogP contribution < -0.4 is 14.8 Å². The van der Waals surface area contributed by atoms with Crippen LogP contribution in [0.4, 0.5) is 4.79 Å². The molecule has 226 valence electrons. The smallest absolute Gasteiger partial charge is 0.411 e. The summed E-state index contributed by atoms with van der Waals surface area (Å²) in [4.78, 5) is 57.7. The number of hydrogen-bond donors (Lipinski definition) is 1. The highest BCUT2D eigenvalue weighted by Gasteiger charge is 2.62. The molecule has 1 aromatic heterocycles. The Morgan fingerprint density at radius 2 is 1.83 bits per heavy atom. The molecule has 1 saturated heterocycles. The summed E-state index contributed by atoms with van der Waals surface area (Å²) in [6.07, 6.45) is 0.653. The number of nitrogens with one attached hydrogen (secondary N) is 1. The molecule has 1 aliphatic heterocycles. The second-order valence-electron chi connectivity index (χ2n) is 11.4. The molecule has 1 saturated carbocycles. The van der Waals surface area contributed by atoms with Gasteiger partial charge >= 0.3 is 18.0 Å². The molecule has 0 spiro atoms. The number of esters is 2. The molecule has 2 aliphatic rings. The number of methoxy groups -OCH3 is 3. The highest BCUT2D eigenvalue weighted by atomic mass is 16.6. The van der Waals surface area contributed by atoms with Crippen molar-refractivity contribution in [3.63, 3.8) is 0 Å². The SMILES string of the molecule is C=C[C@@H]1C[C@]1(NC(=O)[C@@H]1C[C@@H](Oc2cc(C(=O)OC)nc3c(C)c(OC)ccc23)CN1C(=O)OC(C)(C)C)C(=O)OC. The molecule has 4 rings (SSSR count). The third-order valence-electron chi connectivity index (χ3n) is 7.44. The maximum atomic E-state index is 13.6. The lowest BCUT2D eigenvalue weighted by molar-refractivity contribution is -0.147. The first-order valence-corrected chi connectivity index (χ1v) is 13.5. The lowest BCUT2D eigenvalue weighted by Gasteiger charge is -2.28. The van der Waals surface area contributed by atoms with E-state index in [9.17, 15) is 19.2 Å². The maximum Gasteiger partial charge on any atom is 0.411 e.